The highest BCUT2D eigenvalue weighted by Crippen LogP contribution is 2.33. The first-order valence-corrected chi connectivity index (χ1v) is 10.4. The second-order valence-corrected chi connectivity index (χ2v) is 7.33. The molecule has 0 saturated carbocycles. The van der Waals surface area contributed by atoms with Gasteiger partial charge in [-0.1, -0.05) is 30.3 Å². The third kappa shape index (κ3) is 5.24. The number of aliphatic hydroxyl groups excluding tert-OH is 1. The van der Waals surface area contributed by atoms with E-state index in [4.69, 9.17) is 24.1 Å². The molecule has 1 N–H and O–H groups in total. The summed E-state index contributed by atoms with van der Waals surface area (Å²) in [7, 11) is 1.28. The minimum Gasteiger partial charge on any atom is -0.479 e. The van der Waals surface area contributed by atoms with Gasteiger partial charge < -0.3 is 24.1 Å². The lowest BCUT2D eigenvalue weighted by atomic mass is 10.0. The summed E-state index contributed by atoms with van der Waals surface area (Å²) in [6.45, 7) is 2.23. The predicted octanol–water partition coefficient (Wildman–Crippen LogP) is 1.92. The van der Waals surface area contributed by atoms with Crippen LogP contribution in [0.3, 0.4) is 0 Å². The minimum atomic E-state index is -1.33. The first kappa shape index (κ1) is 23.6. The van der Waals surface area contributed by atoms with Crippen LogP contribution in [0, 0.1) is 0 Å². The number of imide groups is 1. The second-order valence-electron chi connectivity index (χ2n) is 7.33. The first-order chi connectivity index (χ1) is 15.5. The number of rotatable bonds is 9. The molecule has 1 saturated heterocycles. The van der Waals surface area contributed by atoms with Gasteiger partial charge in [0.25, 0.3) is 5.91 Å². The Kier molecular flexibility index (Phi) is 8.15. The van der Waals surface area contributed by atoms with Gasteiger partial charge in [0.05, 0.1) is 25.9 Å². The Hall–Kier alpha value is -3.01. The highest BCUT2D eigenvalue weighted by atomic mass is 16.6. The number of benzene rings is 1. The summed E-state index contributed by atoms with van der Waals surface area (Å²) in [4.78, 5) is 39.2. The number of ketones is 1. The maximum Gasteiger partial charge on any atom is 0.417 e. The molecule has 2 amide bonds. The maximum atomic E-state index is 13.2. The lowest BCUT2D eigenvalue weighted by Gasteiger charge is -2.30. The molecule has 2 aliphatic rings. The molecule has 4 atom stereocenters. The Balaban J connectivity index is 1.72. The number of ether oxygens (including phenoxy) is 4. The van der Waals surface area contributed by atoms with Gasteiger partial charge >= 0.3 is 6.09 Å². The van der Waals surface area contributed by atoms with E-state index in [1.807, 2.05) is 30.3 Å². The highest BCUT2D eigenvalue weighted by molar-refractivity contribution is 6.03. The monoisotopic (exact) mass is 445 g/mol. The summed E-state index contributed by atoms with van der Waals surface area (Å²) in [5.74, 6) is -0.766. The van der Waals surface area contributed by atoms with Gasteiger partial charge in [0.1, 0.15) is 11.9 Å². The summed E-state index contributed by atoms with van der Waals surface area (Å²) in [6, 6.07) is 8.52. The number of aliphatic hydroxyl groups is 1. The summed E-state index contributed by atoms with van der Waals surface area (Å²) < 4.78 is 21.7. The van der Waals surface area contributed by atoms with Gasteiger partial charge in [-0.2, -0.15) is 0 Å². The standard InChI is InChI=1S/C23H27NO8/c1-15-19(16-7-4-3-5-8-16)32-23(28)24(15)22(27)21(29-2)20-18(26)11-10-17(31-20)9-6-13-30-14-12-25/h3-5,7-11,15,19-21,25H,6,12-14H2,1-2H3/t15-,19-,20+,21-/m1/s1. The number of hydrogen-bond donors (Lipinski definition) is 1. The van der Waals surface area contributed by atoms with E-state index in [-0.39, 0.29) is 13.2 Å². The van der Waals surface area contributed by atoms with Crippen molar-refractivity contribution in [2.75, 3.05) is 26.9 Å². The Labute approximate surface area is 186 Å². The van der Waals surface area contributed by atoms with Crippen LogP contribution < -0.4 is 0 Å². The van der Waals surface area contributed by atoms with Crippen molar-refractivity contribution in [3.63, 3.8) is 0 Å². The van der Waals surface area contributed by atoms with E-state index < -0.39 is 42.1 Å². The molecule has 0 radical (unpaired) electrons. The van der Waals surface area contributed by atoms with Crippen molar-refractivity contribution in [1.29, 1.82) is 0 Å². The van der Waals surface area contributed by atoms with Gasteiger partial charge in [0.15, 0.2) is 18.0 Å². The van der Waals surface area contributed by atoms with Crippen LogP contribution >= 0.6 is 0 Å². The molecule has 172 valence electrons. The molecule has 32 heavy (non-hydrogen) atoms. The Morgan fingerprint density at radius 3 is 2.62 bits per heavy atom. The average molecular weight is 445 g/mol. The van der Waals surface area contributed by atoms with Gasteiger partial charge in [0.2, 0.25) is 0 Å². The number of allylic oxidation sites excluding steroid dienone is 1. The van der Waals surface area contributed by atoms with E-state index >= 15 is 0 Å². The fourth-order valence-electron chi connectivity index (χ4n) is 3.62. The Morgan fingerprint density at radius 2 is 1.94 bits per heavy atom. The molecular formula is C23H27NO8. The molecule has 0 aliphatic carbocycles. The number of amides is 2. The van der Waals surface area contributed by atoms with Gasteiger partial charge in [-0.25, -0.2) is 9.69 Å². The van der Waals surface area contributed by atoms with Crippen LogP contribution in [0.2, 0.25) is 0 Å². The third-order valence-corrected chi connectivity index (χ3v) is 5.21. The van der Waals surface area contributed by atoms with Crippen molar-refractivity contribution in [2.24, 2.45) is 0 Å². The van der Waals surface area contributed by atoms with Gasteiger partial charge in [0, 0.05) is 7.11 Å². The maximum absolute atomic E-state index is 13.2. The fourth-order valence-corrected chi connectivity index (χ4v) is 3.62. The van der Waals surface area contributed by atoms with Crippen LogP contribution in [0.15, 0.2) is 54.3 Å². The summed E-state index contributed by atoms with van der Waals surface area (Å²) >= 11 is 0. The van der Waals surface area contributed by atoms with Crippen molar-refractivity contribution >= 4 is 17.8 Å². The zero-order valence-corrected chi connectivity index (χ0v) is 18.0. The molecule has 3 rings (SSSR count). The van der Waals surface area contributed by atoms with Crippen LogP contribution in [0.25, 0.3) is 0 Å². The highest BCUT2D eigenvalue weighted by Gasteiger charge is 2.48. The zero-order chi connectivity index (χ0) is 23.1. The van der Waals surface area contributed by atoms with Crippen molar-refractivity contribution in [3.8, 4) is 0 Å². The summed E-state index contributed by atoms with van der Waals surface area (Å²) in [5.41, 5.74) is 0.763. The van der Waals surface area contributed by atoms with Crippen LogP contribution in [-0.4, -0.2) is 73.0 Å². The van der Waals surface area contributed by atoms with Crippen LogP contribution in [0.5, 0.6) is 0 Å². The number of nitrogens with zero attached hydrogens (tertiary/aromatic N) is 1. The first-order valence-electron chi connectivity index (χ1n) is 10.4. The molecule has 0 unspecified atom stereocenters. The van der Waals surface area contributed by atoms with E-state index in [0.29, 0.717) is 18.8 Å². The molecule has 9 heteroatoms. The van der Waals surface area contributed by atoms with Crippen LogP contribution in [0.4, 0.5) is 4.79 Å². The molecule has 0 aromatic heterocycles. The number of cyclic esters (lactones) is 1. The number of carbonyl (C=O) groups is 3. The van der Waals surface area contributed by atoms with Crippen molar-refractivity contribution in [2.45, 2.75) is 37.7 Å². The fraction of sp³-hybridized carbons (Fsp3) is 0.435. The molecule has 0 spiro atoms. The molecule has 2 aliphatic heterocycles. The molecule has 1 aromatic carbocycles. The van der Waals surface area contributed by atoms with E-state index in [1.165, 1.54) is 19.3 Å². The topological polar surface area (TPSA) is 112 Å². The molecule has 1 fully saturated rings. The number of hydrogen-bond acceptors (Lipinski definition) is 8. The third-order valence-electron chi connectivity index (χ3n) is 5.21. The lowest BCUT2D eigenvalue weighted by Crippen LogP contribution is -2.52. The second kappa shape index (κ2) is 11.0. The normalized spacial score (nSPS) is 25.0. The van der Waals surface area contributed by atoms with Crippen molar-refractivity contribution < 1.29 is 38.4 Å². The Morgan fingerprint density at radius 1 is 1.19 bits per heavy atom. The minimum absolute atomic E-state index is 0.0658. The van der Waals surface area contributed by atoms with E-state index in [2.05, 4.69) is 0 Å². The van der Waals surface area contributed by atoms with Gasteiger partial charge in [-0.15, -0.1) is 0 Å². The zero-order valence-electron chi connectivity index (χ0n) is 18.0. The van der Waals surface area contributed by atoms with Crippen molar-refractivity contribution in [1.82, 2.24) is 4.90 Å². The van der Waals surface area contributed by atoms with Gasteiger partial charge in [-0.05, 0) is 37.1 Å². The molecule has 2 heterocycles. The van der Waals surface area contributed by atoms with Crippen molar-refractivity contribution in [3.05, 3.63) is 59.9 Å². The molecular weight excluding hydrogens is 418 g/mol. The number of methoxy groups -OCH3 is 1. The van der Waals surface area contributed by atoms with Gasteiger partial charge in [-0.3, -0.25) is 9.59 Å². The SMILES string of the molecule is CO[C@@H](C(=O)N1C(=O)O[C@@H](c2ccccc2)[C@H]1C)[C@H]1OC(=CCCOCCO)C=CC1=O. The van der Waals surface area contributed by atoms with E-state index in [0.717, 1.165) is 10.5 Å². The number of carbonyl (C=O) groups excluding carboxylic acids is 3. The molecule has 0 bridgehead atoms. The predicted molar refractivity (Wildman–Crippen MR) is 112 cm³/mol. The smallest absolute Gasteiger partial charge is 0.417 e. The molecule has 1 aromatic rings. The average Bonchev–Trinajstić information content (AvgIpc) is 3.10. The van der Waals surface area contributed by atoms with E-state index in [9.17, 15) is 14.4 Å². The largest absolute Gasteiger partial charge is 0.479 e. The Bertz CT molecular complexity index is 881. The lowest BCUT2D eigenvalue weighted by molar-refractivity contribution is -0.153. The summed E-state index contributed by atoms with van der Waals surface area (Å²) in [5, 5.41) is 8.73. The summed E-state index contributed by atoms with van der Waals surface area (Å²) in [6.07, 6.45) is 1.02. The van der Waals surface area contributed by atoms with Crippen LogP contribution in [-0.2, 0) is 28.5 Å². The van der Waals surface area contributed by atoms with E-state index in [1.54, 1.807) is 13.0 Å². The molecule has 9 nitrogen and oxygen atoms in total. The quantitative estimate of drug-likeness (QED) is 0.574. The van der Waals surface area contributed by atoms with Crippen LogP contribution in [0.1, 0.15) is 25.0 Å².